The van der Waals surface area contributed by atoms with Gasteiger partial charge in [0.05, 0.1) is 17.1 Å². The molecule has 2 unspecified atom stereocenters. The third-order valence-electron chi connectivity index (χ3n) is 4.85. The van der Waals surface area contributed by atoms with E-state index in [-0.39, 0.29) is 29.6 Å². The van der Waals surface area contributed by atoms with Gasteiger partial charge in [-0.15, -0.1) is 6.58 Å². The highest BCUT2D eigenvalue weighted by Gasteiger charge is 2.23. The molecule has 0 spiro atoms. The smallest absolute Gasteiger partial charge is 0.251 e. The normalized spacial score (nSPS) is 19.1. The van der Waals surface area contributed by atoms with Crippen molar-refractivity contribution in [3.8, 4) is 0 Å². The monoisotopic (exact) mass is 444 g/mol. The first kappa shape index (κ1) is 22.9. The number of ether oxygens (including phenoxy) is 1. The summed E-state index contributed by atoms with van der Waals surface area (Å²) in [6.45, 7) is 9.63. The van der Waals surface area contributed by atoms with Gasteiger partial charge in [-0.2, -0.15) is 0 Å². The summed E-state index contributed by atoms with van der Waals surface area (Å²) in [6.07, 6.45) is 3.52. The Morgan fingerprint density at radius 1 is 1.19 bits per heavy atom. The summed E-state index contributed by atoms with van der Waals surface area (Å²) >= 11 is 0. The lowest BCUT2D eigenvalue weighted by atomic mass is 10.2. The molecule has 2 atom stereocenters. The number of carbonyl (C=O) groups is 1. The van der Waals surface area contributed by atoms with Crippen LogP contribution in [0.5, 0.6) is 0 Å². The molecule has 1 fully saturated rings. The molecule has 2 heterocycles. The van der Waals surface area contributed by atoms with Crippen molar-refractivity contribution in [2.75, 3.05) is 24.5 Å². The largest absolute Gasteiger partial charge is 0.372 e. The molecule has 0 aliphatic carbocycles. The number of aromatic nitrogens is 1. The van der Waals surface area contributed by atoms with Gasteiger partial charge in [0.2, 0.25) is 10.0 Å². The van der Waals surface area contributed by atoms with E-state index in [0.717, 1.165) is 24.5 Å². The molecule has 1 aromatic carbocycles. The fraction of sp³-hybridized carbons (Fsp3) is 0.364. The van der Waals surface area contributed by atoms with Crippen molar-refractivity contribution in [3.05, 3.63) is 66.4 Å². The van der Waals surface area contributed by atoms with Gasteiger partial charge >= 0.3 is 0 Å². The minimum Gasteiger partial charge on any atom is -0.372 e. The third kappa shape index (κ3) is 6.13. The van der Waals surface area contributed by atoms with Crippen LogP contribution in [0.15, 0.2) is 60.1 Å². The molecule has 2 aromatic rings. The van der Waals surface area contributed by atoms with Crippen LogP contribution < -0.4 is 14.9 Å². The zero-order valence-electron chi connectivity index (χ0n) is 17.7. The highest BCUT2D eigenvalue weighted by Crippen LogP contribution is 2.18. The van der Waals surface area contributed by atoms with Crippen LogP contribution in [0.25, 0.3) is 0 Å². The average Bonchev–Trinajstić information content (AvgIpc) is 2.76. The van der Waals surface area contributed by atoms with E-state index in [1.54, 1.807) is 6.20 Å². The molecular weight excluding hydrogens is 416 g/mol. The molecule has 166 valence electrons. The molecule has 0 bridgehead atoms. The van der Waals surface area contributed by atoms with E-state index in [0.29, 0.717) is 12.1 Å². The molecule has 31 heavy (non-hydrogen) atoms. The molecule has 0 saturated carbocycles. The Kier molecular flexibility index (Phi) is 7.42. The molecule has 9 heteroatoms. The van der Waals surface area contributed by atoms with Crippen LogP contribution in [-0.2, 0) is 21.3 Å². The highest BCUT2D eigenvalue weighted by molar-refractivity contribution is 7.89. The molecule has 0 radical (unpaired) electrons. The van der Waals surface area contributed by atoms with E-state index >= 15 is 0 Å². The molecule has 8 nitrogen and oxygen atoms in total. The SMILES string of the molecule is C=CCNS(=O)(=O)c1ccc(C(=O)NCc2ccc(N3CC(C)OC(C)C3)nc2)cc1. The summed E-state index contributed by atoms with van der Waals surface area (Å²) < 4.78 is 32.3. The molecule has 3 rings (SSSR count). The molecule has 1 aliphatic heterocycles. The molecular formula is C22H28N4O4S. The Hall–Kier alpha value is -2.75. The van der Waals surface area contributed by atoms with Gasteiger partial charge in [0, 0.05) is 37.9 Å². The standard InChI is InChI=1S/C22H28N4O4S/c1-4-11-25-31(28,29)20-8-6-19(7-9-20)22(27)24-13-18-5-10-21(23-12-18)26-14-16(2)30-17(3)15-26/h4-10,12,16-17,25H,1,11,13-15H2,2-3H3,(H,24,27). The lowest BCUT2D eigenvalue weighted by Crippen LogP contribution is -2.45. The summed E-state index contributed by atoms with van der Waals surface area (Å²) in [7, 11) is -3.61. The van der Waals surface area contributed by atoms with E-state index in [1.165, 1.54) is 30.3 Å². The van der Waals surface area contributed by atoms with E-state index in [9.17, 15) is 13.2 Å². The molecule has 2 N–H and O–H groups in total. The minimum atomic E-state index is -3.61. The first-order valence-corrected chi connectivity index (χ1v) is 11.6. The van der Waals surface area contributed by atoms with E-state index in [1.807, 2.05) is 26.0 Å². The van der Waals surface area contributed by atoms with Crippen LogP contribution in [0.4, 0.5) is 5.82 Å². The number of nitrogens with one attached hydrogen (secondary N) is 2. The van der Waals surface area contributed by atoms with Crippen molar-refractivity contribution in [2.24, 2.45) is 0 Å². The van der Waals surface area contributed by atoms with Crippen LogP contribution in [0.1, 0.15) is 29.8 Å². The van der Waals surface area contributed by atoms with Gasteiger partial charge < -0.3 is 15.0 Å². The summed E-state index contributed by atoms with van der Waals surface area (Å²) in [4.78, 5) is 19.2. The second-order valence-electron chi connectivity index (χ2n) is 7.53. The van der Waals surface area contributed by atoms with Crippen molar-refractivity contribution in [2.45, 2.75) is 37.5 Å². The average molecular weight is 445 g/mol. The van der Waals surface area contributed by atoms with Gasteiger partial charge in [-0.3, -0.25) is 4.79 Å². The number of sulfonamides is 1. The van der Waals surface area contributed by atoms with Gasteiger partial charge in [0.25, 0.3) is 5.91 Å². The summed E-state index contributed by atoms with van der Waals surface area (Å²) in [5.74, 6) is 0.599. The quantitative estimate of drug-likeness (QED) is 0.605. The topological polar surface area (TPSA) is 101 Å². The number of nitrogens with zero attached hydrogens (tertiary/aromatic N) is 2. The van der Waals surface area contributed by atoms with Gasteiger partial charge in [0.15, 0.2) is 0 Å². The molecule has 1 saturated heterocycles. The fourth-order valence-electron chi connectivity index (χ4n) is 3.40. The molecule has 1 aromatic heterocycles. The summed E-state index contributed by atoms with van der Waals surface area (Å²) in [5.41, 5.74) is 1.25. The minimum absolute atomic E-state index is 0.0949. The maximum absolute atomic E-state index is 12.4. The zero-order chi connectivity index (χ0) is 22.4. The van der Waals surface area contributed by atoms with Crippen LogP contribution in [0.2, 0.25) is 0 Å². The predicted molar refractivity (Wildman–Crippen MR) is 119 cm³/mol. The van der Waals surface area contributed by atoms with Crippen molar-refractivity contribution in [3.63, 3.8) is 0 Å². The second kappa shape index (κ2) is 10.0. The Bertz CT molecular complexity index is 997. The van der Waals surface area contributed by atoms with Crippen molar-refractivity contribution >= 4 is 21.7 Å². The summed E-state index contributed by atoms with van der Waals surface area (Å²) in [5, 5.41) is 2.83. The first-order chi connectivity index (χ1) is 14.8. The molecule has 1 aliphatic rings. The maximum Gasteiger partial charge on any atom is 0.251 e. The number of rotatable bonds is 8. The Morgan fingerprint density at radius 2 is 1.87 bits per heavy atom. The molecule has 1 amide bonds. The number of hydrogen-bond donors (Lipinski definition) is 2. The number of benzene rings is 1. The van der Waals surface area contributed by atoms with Crippen LogP contribution >= 0.6 is 0 Å². The summed E-state index contributed by atoms with van der Waals surface area (Å²) in [6, 6.07) is 9.67. The number of anilines is 1. The van der Waals surface area contributed by atoms with Crippen molar-refractivity contribution < 1.29 is 17.9 Å². The van der Waals surface area contributed by atoms with E-state index in [4.69, 9.17) is 4.74 Å². The number of amides is 1. The Balaban J connectivity index is 1.56. The highest BCUT2D eigenvalue weighted by atomic mass is 32.2. The van der Waals surface area contributed by atoms with Crippen LogP contribution in [0.3, 0.4) is 0 Å². The Morgan fingerprint density at radius 3 is 2.45 bits per heavy atom. The number of carbonyl (C=O) groups excluding carboxylic acids is 1. The number of hydrogen-bond acceptors (Lipinski definition) is 6. The number of morpholine rings is 1. The van der Waals surface area contributed by atoms with Gasteiger partial charge in [0.1, 0.15) is 5.82 Å². The van der Waals surface area contributed by atoms with Crippen LogP contribution in [0, 0.1) is 0 Å². The maximum atomic E-state index is 12.4. The second-order valence-corrected chi connectivity index (χ2v) is 9.30. The lowest BCUT2D eigenvalue weighted by Gasteiger charge is -2.36. The predicted octanol–water partition coefficient (Wildman–Crippen LogP) is 2.09. The van der Waals surface area contributed by atoms with Gasteiger partial charge in [-0.25, -0.2) is 18.1 Å². The van der Waals surface area contributed by atoms with E-state index in [2.05, 4.69) is 26.5 Å². The Labute approximate surface area is 183 Å². The van der Waals surface area contributed by atoms with Gasteiger partial charge in [-0.05, 0) is 49.7 Å². The van der Waals surface area contributed by atoms with Crippen molar-refractivity contribution in [1.29, 1.82) is 0 Å². The number of pyridine rings is 1. The van der Waals surface area contributed by atoms with Gasteiger partial charge in [-0.1, -0.05) is 12.1 Å². The first-order valence-electron chi connectivity index (χ1n) is 10.1. The lowest BCUT2D eigenvalue weighted by molar-refractivity contribution is -0.00546. The van der Waals surface area contributed by atoms with Crippen LogP contribution in [-0.4, -0.2) is 51.2 Å². The zero-order valence-corrected chi connectivity index (χ0v) is 18.6. The fourth-order valence-corrected chi connectivity index (χ4v) is 4.39. The third-order valence-corrected chi connectivity index (χ3v) is 6.29. The van der Waals surface area contributed by atoms with E-state index < -0.39 is 10.0 Å². The van der Waals surface area contributed by atoms with Crippen molar-refractivity contribution in [1.82, 2.24) is 15.0 Å².